The molecule has 0 aliphatic heterocycles. The summed E-state index contributed by atoms with van der Waals surface area (Å²) in [6, 6.07) is 6.80. The van der Waals surface area contributed by atoms with Gasteiger partial charge in [0.25, 0.3) is 5.91 Å². The van der Waals surface area contributed by atoms with Crippen LogP contribution in [0.5, 0.6) is 0 Å². The fourth-order valence-electron chi connectivity index (χ4n) is 2.40. The van der Waals surface area contributed by atoms with Crippen molar-refractivity contribution in [1.82, 2.24) is 25.5 Å². The quantitative estimate of drug-likeness (QED) is 0.322. The van der Waals surface area contributed by atoms with Crippen molar-refractivity contribution in [3.05, 3.63) is 48.1 Å². The van der Waals surface area contributed by atoms with Gasteiger partial charge in [-0.15, -0.1) is 5.10 Å². The number of hydroxylamine groups is 1. The summed E-state index contributed by atoms with van der Waals surface area (Å²) in [5.41, 5.74) is 8.43. The Kier molecular flexibility index (Phi) is 5.04. The highest BCUT2D eigenvalue weighted by molar-refractivity contribution is 5.90. The number of para-hydroxylation sites is 2. The number of benzene rings is 1. The Hall–Kier alpha value is -3.53. The van der Waals surface area contributed by atoms with Gasteiger partial charge in [-0.1, -0.05) is 17.3 Å². The first-order valence-corrected chi connectivity index (χ1v) is 7.74. The summed E-state index contributed by atoms with van der Waals surface area (Å²) < 4.78 is 7.26. The molecule has 3 aromatic rings. The van der Waals surface area contributed by atoms with Gasteiger partial charge in [-0.3, -0.25) is 14.8 Å². The lowest BCUT2D eigenvalue weighted by atomic mass is 10.1. The lowest BCUT2D eigenvalue weighted by Gasteiger charge is -2.12. The summed E-state index contributed by atoms with van der Waals surface area (Å²) in [5, 5.41) is 16.4. The van der Waals surface area contributed by atoms with Gasteiger partial charge in [-0.05, 0) is 24.6 Å². The standard InChI is InChI=1S/C16H16N6O4/c17-14(23)7-6-12(16-18-11-3-1-2-4-13(11)26-16)22-9-10(19-21-22)5-8-15(24)20-25/h1-5,8-9,12,25H,6-7H2,(H2,17,23)(H,20,24). The number of amides is 2. The van der Waals surface area contributed by atoms with Gasteiger partial charge in [0, 0.05) is 12.5 Å². The van der Waals surface area contributed by atoms with Gasteiger partial charge in [0.1, 0.15) is 17.3 Å². The number of nitrogens with two attached hydrogens (primary N) is 1. The summed E-state index contributed by atoms with van der Waals surface area (Å²) in [6.45, 7) is 0. The average molecular weight is 356 g/mol. The molecule has 26 heavy (non-hydrogen) atoms. The van der Waals surface area contributed by atoms with Crippen molar-refractivity contribution in [2.45, 2.75) is 18.9 Å². The first-order valence-electron chi connectivity index (χ1n) is 7.74. The van der Waals surface area contributed by atoms with Gasteiger partial charge in [-0.25, -0.2) is 15.1 Å². The minimum absolute atomic E-state index is 0.112. The van der Waals surface area contributed by atoms with Crippen molar-refractivity contribution < 1.29 is 19.2 Å². The normalized spacial score (nSPS) is 12.5. The highest BCUT2D eigenvalue weighted by Crippen LogP contribution is 2.26. The van der Waals surface area contributed by atoms with Crippen molar-refractivity contribution >= 4 is 29.0 Å². The number of hydrogen-bond acceptors (Lipinski definition) is 7. The van der Waals surface area contributed by atoms with Crippen LogP contribution in [0.25, 0.3) is 17.2 Å². The molecule has 1 unspecified atom stereocenters. The number of rotatable bonds is 7. The Bertz CT molecular complexity index is 927. The Morgan fingerprint density at radius 3 is 2.92 bits per heavy atom. The molecule has 10 nitrogen and oxygen atoms in total. The predicted molar refractivity (Wildman–Crippen MR) is 89.6 cm³/mol. The fraction of sp³-hybridized carbons (Fsp3) is 0.188. The molecule has 0 bridgehead atoms. The van der Waals surface area contributed by atoms with E-state index in [1.165, 1.54) is 16.2 Å². The molecule has 0 radical (unpaired) electrons. The van der Waals surface area contributed by atoms with Crippen molar-refractivity contribution in [2.24, 2.45) is 5.73 Å². The zero-order valence-corrected chi connectivity index (χ0v) is 13.6. The van der Waals surface area contributed by atoms with Gasteiger partial charge >= 0.3 is 0 Å². The van der Waals surface area contributed by atoms with Crippen LogP contribution in [0.15, 0.2) is 41.0 Å². The molecular formula is C16H16N6O4. The largest absolute Gasteiger partial charge is 0.438 e. The van der Waals surface area contributed by atoms with E-state index in [1.54, 1.807) is 12.3 Å². The molecule has 10 heteroatoms. The number of nitrogens with zero attached hydrogens (tertiary/aromatic N) is 4. The van der Waals surface area contributed by atoms with Gasteiger partial charge in [0.2, 0.25) is 11.8 Å². The first kappa shape index (κ1) is 17.3. The monoisotopic (exact) mass is 356 g/mol. The van der Waals surface area contributed by atoms with E-state index in [0.717, 1.165) is 6.08 Å². The molecule has 1 aromatic carbocycles. The zero-order chi connectivity index (χ0) is 18.5. The van der Waals surface area contributed by atoms with Crippen molar-refractivity contribution in [3.63, 3.8) is 0 Å². The van der Waals surface area contributed by atoms with Gasteiger partial charge < -0.3 is 10.2 Å². The third kappa shape index (κ3) is 3.92. The molecule has 0 saturated carbocycles. The lowest BCUT2D eigenvalue weighted by Crippen LogP contribution is -2.17. The molecule has 2 aromatic heterocycles. The van der Waals surface area contributed by atoms with E-state index >= 15 is 0 Å². The Balaban J connectivity index is 1.91. The molecule has 3 rings (SSSR count). The smallest absolute Gasteiger partial charge is 0.267 e. The number of hydrogen-bond donors (Lipinski definition) is 3. The second-order valence-electron chi connectivity index (χ2n) is 5.47. The van der Waals surface area contributed by atoms with E-state index < -0.39 is 17.9 Å². The molecule has 0 aliphatic rings. The van der Waals surface area contributed by atoms with Crippen LogP contribution in [0.2, 0.25) is 0 Å². The molecule has 0 aliphatic carbocycles. The molecule has 1 atom stereocenters. The molecule has 134 valence electrons. The van der Waals surface area contributed by atoms with Crippen LogP contribution in [-0.2, 0) is 9.59 Å². The SMILES string of the molecule is NC(=O)CCC(c1nc2ccccc2o1)n1cc(C=CC(=O)NO)nn1. The maximum absolute atomic E-state index is 11.2. The fourth-order valence-corrected chi connectivity index (χ4v) is 2.40. The van der Waals surface area contributed by atoms with Crippen LogP contribution in [0, 0.1) is 0 Å². The van der Waals surface area contributed by atoms with Crippen LogP contribution in [0.3, 0.4) is 0 Å². The molecule has 0 saturated heterocycles. The summed E-state index contributed by atoms with van der Waals surface area (Å²) in [6.07, 6.45) is 4.49. The first-order chi connectivity index (χ1) is 12.6. The van der Waals surface area contributed by atoms with Crippen molar-refractivity contribution in [1.29, 1.82) is 0 Å². The van der Waals surface area contributed by atoms with E-state index in [-0.39, 0.29) is 6.42 Å². The van der Waals surface area contributed by atoms with Crippen LogP contribution in [-0.4, -0.2) is 37.0 Å². The third-order valence-corrected chi connectivity index (χ3v) is 3.62. The number of oxazole rings is 1. The molecule has 4 N–H and O–H groups in total. The Morgan fingerprint density at radius 1 is 1.38 bits per heavy atom. The average Bonchev–Trinajstić information content (AvgIpc) is 3.26. The number of nitrogens with one attached hydrogen (secondary N) is 1. The number of primary amides is 1. The van der Waals surface area contributed by atoms with E-state index in [0.29, 0.717) is 29.1 Å². The lowest BCUT2D eigenvalue weighted by molar-refractivity contribution is -0.124. The second kappa shape index (κ2) is 7.57. The summed E-state index contributed by atoms with van der Waals surface area (Å²) in [4.78, 5) is 26.7. The maximum atomic E-state index is 11.2. The van der Waals surface area contributed by atoms with Gasteiger partial charge in [0.05, 0.1) is 6.20 Å². The minimum atomic E-state index is -0.691. The molecule has 0 spiro atoms. The zero-order valence-electron chi connectivity index (χ0n) is 13.6. The van der Waals surface area contributed by atoms with Crippen LogP contribution < -0.4 is 11.2 Å². The third-order valence-electron chi connectivity index (χ3n) is 3.62. The number of carbonyl (C=O) groups excluding carboxylic acids is 2. The van der Waals surface area contributed by atoms with Crippen molar-refractivity contribution in [3.8, 4) is 0 Å². The number of aromatic nitrogens is 4. The summed E-state index contributed by atoms with van der Waals surface area (Å²) in [7, 11) is 0. The summed E-state index contributed by atoms with van der Waals surface area (Å²) in [5.74, 6) is -0.768. The van der Waals surface area contributed by atoms with E-state index in [1.807, 2.05) is 18.2 Å². The summed E-state index contributed by atoms with van der Waals surface area (Å²) >= 11 is 0. The predicted octanol–water partition coefficient (Wildman–Crippen LogP) is 0.793. The number of fused-ring (bicyclic) bond motifs is 1. The number of carbonyl (C=O) groups is 2. The maximum Gasteiger partial charge on any atom is 0.267 e. The van der Waals surface area contributed by atoms with E-state index in [2.05, 4.69) is 15.3 Å². The second-order valence-corrected chi connectivity index (χ2v) is 5.47. The highest BCUT2D eigenvalue weighted by atomic mass is 16.5. The molecule has 2 heterocycles. The van der Waals surface area contributed by atoms with E-state index in [9.17, 15) is 9.59 Å². The Morgan fingerprint density at radius 2 is 2.19 bits per heavy atom. The van der Waals surface area contributed by atoms with Crippen LogP contribution in [0.4, 0.5) is 0 Å². The van der Waals surface area contributed by atoms with Crippen LogP contribution >= 0.6 is 0 Å². The molecule has 0 fully saturated rings. The van der Waals surface area contributed by atoms with Gasteiger partial charge in [-0.2, -0.15) is 0 Å². The highest BCUT2D eigenvalue weighted by Gasteiger charge is 2.22. The van der Waals surface area contributed by atoms with Crippen LogP contribution in [0.1, 0.15) is 30.5 Å². The van der Waals surface area contributed by atoms with E-state index in [4.69, 9.17) is 15.4 Å². The minimum Gasteiger partial charge on any atom is -0.438 e. The Labute approximate surface area is 147 Å². The molecular weight excluding hydrogens is 340 g/mol. The molecule has 2 amide bonds. The van der Waals surface area contributed by atoms with Gasteiger partial charge in [0.15, 0.2) is 5.58 Å². The topological polar surface area (TPSA) is 149 Å². The van der Waals surface area contributed by atoms with Crippen molar-refractivity contribution in [2.75, 3.05) is 0 Å².